The van der Waals surface area contributed by atoms with Crippen LogP contribution in [0, 0.1) is 27.7 Å². The molecule has 2 aromatic heterocycles. The van der Waals surface area contributed by atoms with Gasteiger partial charge in [-0.3, -0.25) is 4.79 Å². The third-order valence-electron chi connectivity index (χ3n) is 3.87. The Labute approximate surface area is 156 Å². The number of hydrazone groups is 1. The second-order valence-corrected chi connectivity index (χ2v) is 7.17. The highest BCUT2D eigenvalue weighted by atomic mass is 32.2. The Morgan fingerprint density at radius 3 is 2.65 bits per heavy atom. The summed E-state index contributed by atoms with van der Waals surface area (Å²) in [6, 6.07) is 8.12. The van der Waals surface area contributed by atoms with Gasteiger partial charge in [0.05, 0.1) is 12.0 Å². The van der Waals surface area contributed by atoms with E-state index in [0.717, 1.165) is 33.5 Å². The highest BCUT2D eigenvalue weighted by Gasteiger charge is 2.08. The number of benzene rings is 1. The maximum absolute atomic E-state index is 12.0. The standard InChI is InChI=1S/C19H21N5OS/c1-11-5-6-17-15(7-11)16(14(4)23-17)9-20-24-18(25)10-26-19-21-12(2)8-13(3)22-19/h5-9,23H,10H2,1-4H3,(H,24,25)/b20-9+. The number of nitrogens with one attached hydrogen (secondary N) is 2. The van der Waals surface area contributed by atoms with Crippen LogP contribution >= 0.6 is 11.8 Å². The van der Waals surface area contributed by atoms with Gasteiger partial charge in [0.1, 0.15) is 0 Å². The van der Waals surface area contributed by atoms with Crippen molar-refractivity contribution in [3.05, 3.63) is 52.5 Å². The van der Waals surface area contributed by atoms with E-state index in [4.69, 9.17) is 0 Å². The van der Waals surface area contributed by atoms with Crippen LogP contribution in [0.3, 0.4) is 0 Å². The van der Waals surface area contributed by atoms with Gasteiger partial charge in [-0.1, -0.05) is 23.4 Å². The molecule has 2 N–H and O–H groups in total. The SMILES string of the molecule is Cc1ccc2[nH]c(C)c(/C=N/NC(=O)CSc3nc(C)cc(C)n3)c2c1. The zero-order valence-corrected chi connectivity index (χ0v) is 16.1. The van der Waals surface area contributed by atoms with Gasteiger partial charge in [-0.25, -0.2) is 15.4 Å². The first-order chi connectivity index (χ1) is 12.4. The van der Waals surface area contributed by atoms with Crippen molar-refractivity contribution in [2.24, 2.45) is 5.10 Å². The minimum atomic E-state index is -0.192. The van der Waals surface area contributed by atoms with Gasteiger partial charge in [-0.15, -0.1) is 0 Å². The van der Waals surface area contributed by atoms with Crippen molar-refractivity contribution in [1.29, 1.82) is 0 Å². The van der Waals surface area contributed by atoms with E-state index in [0.29, 0.717) is 5.16 Å². The minimum Gasteiger partial charge on any atom is -0.358 e. The van der Waals surface area contributed by atoms with Crippen molar-refractivity contribution in [2.45, 2.75) is 32.9 Å². The van der Waals surface area contributed by atoms with E-state index in [9.17, 15) is 4.79 Å². The van der Waals surface area contributed by atoms with Gasteiger partial charge in [0.2, 0.25) is 0 Å². The number of thioether (sulfide) groups is 1. The second-order valence-electron chi connectivity index (χ2n) is 6.23. The molecule has 26 heavy (non-hydrogen) atoms. The number of carbonyl (C=O) groups excluding carboxylic acids is 1. The lowest BCUT2D eigenvalue weighted by Gasteiger charge is -2.02. The molecule has 1 aromatic carbocycles. The third-order valence-corrected chi connectivity index (χ3v) is 4.72. The summed E-state index contributed by atoms with van der Waals surface area (Å²) < 4.78 is 0. The number of amides is 1. The van der Waals surface area contributed by atoms with Crippen LogP contribution in [0.5, 0.6) is 0 Å². The van der Waals surface area contributed by atoms with Crippen LogP contribution in [0.15, 0.2) is 34.5 Å². The topological polar surface area (TPSA) is 83.0 Å². The smallest absolute Gasteiger partial charge is 0.250 e. The Morgan fingerprint density at radius 1 is 1.19 bits per heavy atom. The summed E-state index contributed by atoms with van der Waals surface area (Å²) in [7, 11) is 0. The summed E-state index contributed by atoms with van der Waals surface area (Å²) in [5.41, 5.74) is 8.59. The summed E-state index contributed by atoms with van der Waals surface area (Å²) in [6.45, 7) is 7.87. The van der Waals surface area contributed by atoms with Gasteiger partial charge in [-0.05, 0) is 45.9 Å². The lowest BCUT2D eigenvalue weighted by Crippen LogP contribution is -2.19. The van der Waals surface area contributed by atoms with Gasteiger partial charge in [0, 0.05) is 33.5 Å². The molecule has 0 unspecified atom stereocenters. The molecule has 0 bridgehead atoms. The van der Waals surface area contributed by atoms with Crippen LogP contribution in [-0.4, -0.2) is 32.8 Å². The number of carbonyl (C=O) groups is 1. The van der Waals surface area contributed by atoms with Crippen molar-refractivity contribution in [3.63, 3.8) is 0 Å². The van der Waals surface area contributed by atoms with Gasteiger partial charge in [0.15, 0.2) is 5.16 Å². The zero-order chi connectivity index (χ0) is 18.7. The number of H-pyrrole nitrogens is 1. The number of hydrogen-bond acceptors (Lipinski definition) is 5. The number of aromatic amines is 1. The van der Waals surface area contributed by atoms with Crippen LogP contribution in [0.1, 0.15) is 28.2 Å². The molecule has 0 fully saturated rings. The molecule has 2 heterocycles. The molecule has 1 amide bonds. The second kappa shape index (κ2) is 7.70. The fourth-order valence-electron chi connectivity index (χ4n) is 2.72. The fourth-order valence-corrected chi connectivity index (χ4v) is 3.46. The molecule has 0 spiro atoms. The van der Waals surface area contributed by atoms with E-state index >= 15 is 0 Å². The molecule has 6 nitrogen and oxygen atoms in total. The number of nitrogens with zero attached hydrogens (tertiary/aromatic N) is 3. The Kier molecular flexibility index (Phi) is 5.37. The molecule has 7 heteroatoms. The molecule has 0 aliphatic carbocycles. The Bertz CT molecular complexity index is 973. The van der Waals surface area contributed by atoms with Crippen LogP contribution in [0.4, 0.5) is 0 Å². The maximum atomic E-state index is 12.0. The highest BCUT2D eigenvalue weighted by molar-refractivity contribution is 7.99. The van der Waals surface area contributed by atoms with Crippen LogP contribution in [0.25, 0.3) is 10.9 Å². The van der Waals surface area contributed by atoms with E-state index in [2.05, 4.69) is 44.5 Å². The molecule has 3 aromatic rings. The predicted molar refractivity (Wildman–Crippen MR) is 106 cm³/mol. The van der Waals surface area contributed by atoms with E-state index in [1.165, 1.54) is 17.3 Å². The lowest BCUT2D eigenvalue weighted by atomic mass is 10.1. The first kappa shape index (κ1) is 18.1. The van der Waals surface area contributed by atoms with Gasteiger partial charge in [-0.2, -0.15) is 5.10 Å². The lowest BCUT2D eigenvalue weighted by molar-refractivity contribution is -0.118. The minimum absolute atomic E-state index is 0.192. The van der Waals surface area contributed by atoms with E-state index in [1.54, 1.807) is 6.21 Å². The zero-order valence-electron chi connectivity index (χ0n) is 15.3. The molecular formula is C19H21N5OS. The van der Waals surface area contributed by atoms with Crippen molar-refractivity contribution in [1.82, 2.24) is 20.4 Å². The molecule has 3 rings (SSSR count). The number of aromatic nitrogens is 3. The number of fused-ring (bicyclic) bond motifs is 1. The molecule has 0 aliphatic heterocycles. The largest absolute Gasteiger partial charge is 0.358 e. The Hall–Kier alpha value is -2.67. The molecule has 0 aliphatic rings. The molecule has 0 atom stereocenters. The van der Waals surface area contributed by atoms with Gasteiger partial charge >= 0.3 is 0 Å². The summed E-state index contributed by atoms with van der Waals surface area (Å²) in [5, 5.41) is 5.80. The highest BCUT2D eigenvalue weighted by Crippen LogP contribution is 2.21. The Balaban J connectivity index is 1.62. The molecule has 0 saturated carbocycles. The monoisotopic (exact) mass is 367 g/mol. The summed E-state index contributed by atoms with van der Waals surface area (Å²) in [5.74, 6) is 0.0225. The molecule has 0 radical (unpaired) electrons. The Morgan fingerprint density at radius 2 is 1.92 bits per heavy atom. The average Bonchev–Trinajstić information content (AvgIpc) is 2.87. The summed E-state index contributed by atoms with van der Waals surface area (Å²) in [6.07, 6.45) is 1.68. The average molecular weight is 367 g/mol. The number of aryl methyl sites for hydroxylation is 4. The van der Waals surface area contributed by atoms with Crippen LogP contribution in [0.2, 0.25) is 0 Å². The first-order valence-electron chi connectivity index (χ1n) is 8.28. The van der Waals surface area contributed by atoms with Crippen molar-refractivity contribution in [3.8, 4) is 0 Å². The van der Waals surface area contributed by atoms with Crippen molar-refractivity contribution >= 4 is 34.8 Å². The molecule has 0 saturated heterocycles. The predicted octanol–water partition coefficient (Wildman–Crippen LogP) is 3.43. The van der Waals surface area contributed by atoms with E-state index < -0.39 is 0 Å². The number of hydrogen-bond donors (Lipinski definition) is 2. The first-order valence-corrected chi connectivity index (χ1v) is 9.27. The van der Waals surface area contributed by atoms with Crippen molar-refractivity contribution in [2.75, 3.05) is 5.75 Å². The number of rotatable bonds is 5. The quantitative estimate of drug-likeness (QED) is 0.313. The normalized spacial score (nSPS) is 11.4. The third kappa shape index (κ3) is 4.29. The van der Waals surface area contributed by atoms with Crippen LogP contribution < -0.4 is 5.43 Å². The summed E-state index contributed by atoms with van der Waals surface area (Å²) >= 11 is 1.30. The maximum Gasteiger partial charge on any atom is 0.250 e. The summed E-state index contributed by atoms with van der Waals surface area (Å²) in [4.78, 5) is 24.0. The van der Waals surface area contributed by atoms with Crippen molar-refractivity contribution < 1.29 is 4.79 Å². The molecule has 134 valence electrons. The molecular weight excluding hydrogens is 346 g/mol. The van der Waals surface area contributed by atoms with Gasteiger partial charge < -0.3 is 4.98 Å². The van der Waals surface area contributed by atoms with Gasteiger partial charge in [0.25, 0.3) is 5.91 Å². The fraction of sp³-hybridized carbons (Fsp3) is 0.263. The van der Waals surface area contributed by atoms with E-state index in [-0.39, 0.29) is 11.7 Å². The van der Waals surface area contributed by atoms with Crippen LogP contribution in [-0.2, 0) is 4.79 Å². The van der Waals surface area contributed by atoms with E-state index in [1.807, 2.05) is 32.9 Å².